The minimum atomic E-state index is 0.0761. The van der Waals surface area contributed by atoms with E-state index < -0.39 is 0 Å². The number of rotatable bonds is 15. The smallest absolute Gasteiger partial charge is 0.150 e. The van der Waals surface area contributed by atoms with Gasteiger partial charge in [-0.15, -0.1) is 0 Å². The third-order valence-electron chi connectivity index (χ3n) is 14.4. The van der Waals surface area contributed by atoms with Gasteiger partial charge in [0.05, 0.1) is 31.2 Å². The lowest BCUT2D eigenvalue weighted by atomic mass is 9.98. The summed E-state index contributed by atoms with van der Waals surface area (Å²) in [5.74, 6) is 4.43. The number of methoxy groups -OCH3 is 2. The molecule has 0 saturated heterocycles. The molecule has 0 saturated carbocycles. The lowest BCUT2D eigenvalue weighted by Crippen LogP contribution is -2.17. The summed E-state index contributed by atoms with van der Waals surface area (Å²) < 4.78 is 43.1. The van der Waals surface area contributed by atoms with Gasteiger partial charge in [-0.3, -0.25) is 4.79 Å². The molecule has 9 nitrogen and oxygen atoms in total. The van der Waals surface area contributed by atoms with Crippen LogP contribution in [0, 0.1) is 6.92 Å². The number of aromatic hydroxyl groups is 2. The summed E-state index contributed by atoms with van der Waals surface area (Å²) in [4.78, 5) is 11.8. The van der Waals surface area contributed by atoms with Gasteiger partial charge < -0.3 is 38.6 Å². The molecule has 83 heavy (non-hydrogen) atoms. The quantitative estimate of drug-likeness (QED) is 0.0749. The number of ether oxygens (including phenoxy) is 6. The van der Waals surface area contributed by atoms with Crippen molar-refractivity contribution < 1.29 is 43.4 Å². The van der Waals surface area contributed by atoms with Gasteiger partial charge in [0.1, 0.15) is 78.7 Å². The van der Waals surface area contributed by atoms with E-state index in [1.807, 2.05) is 49.4 Å². The molecule has 0 radical (unpaired) electrons. The third-order valence-corrected chi connectivity index (χ3v) is 22.9. The summed E-state index contributed by atoms with van der Waals surface area (Å²) in [5, 5.41) is 50.6. The molecule has 414 valence electrons. The van der Waals surface area contributed by atoms with E-state index >= 15 is 0 Å². The topological polar surface area (TPSA) is 113 Å². The maximum absolute atomic E-state index is 11.8. The average molecular weight is 1240 g/mol. The van der Waals surface area contributed by atoms with E-state index in [1.165, 1.54) is 14.5 Å². The summed E-state index contributed by atoms with van der Waals surface area (Å²) in [6.45, 7) is 2.92. The number of thioether (sulfide) groups is 8. The van der Waals surface area contributed by atoms with Gasteiger partial charge in [-0.2, -0.15) is 0 Å². The highest BCUT2D eigenvalue weighted by Crippen LogP contribution is 2.44. The molecule has 4 heterocycles. The Balaban J connectivity index is 0.807. The van der Waals surface area contributed by atoms with Gasteiger partial charge in [0.25, 0.3) is 0 Å². The largest absolute Gasteiger partial charge is 0.508 e. The molecule has 9 aromatic carbocycles. The fourth-order valence-corrected chi connectivity index (χ4v) is 18.1. The Morgan fingerprint density at radius 3 is 1.01 bits per heavy atom. The van der Waals surface area contributed by atoms with Crippen molar-refractivity contribution >= 4 is 160 Å². The molecular formula is C66H48O9S8. The van der Waals surface area contributed by atoms with Gasteiger partial charge in [0, 0.05) is 43.1 Å². The second-order valence-corrected chi connectivity index (χ2v) is 27.6. The van der Waals surface area contributed by atoms with Crippen LogP contribution in [0.3, 0.4) is 0 Å². The number of aryl methyl sites for hydroxylation is 1. The first-order chi connectivity index (χ1) is 40.7. The molecule has 0 atom stereocenters. The van der Waals surface area contributed by atoms with Gasteiger partial charge >= 0.3 is 0 Å². The van der Waals surface area contributed by atoms with Crippen molar-refractivity contribution in [1.82, 2.24) is 0 Å². The van der Waals surface area contributed by atoms with Crippen LogP contribution in [-0.4, -0.2) is 30.7 Å². The van der Waals surface area contributed by atoms with Gasteiger partial charge in [-0.1, -0.05) is 100 Å². The Kier molecular flexibility index (Phi) is 16.4. The fourth-order valence-electron chi connectivity index (χ4n) is 10.5. The predicted octanol–water partition coefficient (Wildman–Crippen LogP) is 16.2. The zero-order chi connectivity index (χ0) is 56.6. The highest BCUT2D eigenvalue weighted by atomic mass is 32.2. The molecule has 4 aliphatic heterocycles. The lowest BCUT2D eigenvalue weighted by Gasteiger charge is -2.17. The molecule has 17 heteroatoms. The Hall–Kier alpha value is -6.67. The van der Waals surface area contributed by atoms with Crippen LogP contribution in [0.4, 0.5) is 0 Å². The van der Waals surface area contributed by atoms with Crippen LogP contribution in [0.15, 0.2) is 165 Å². The molecule has 0 bridgehead atoms. The molecule has 0 unspecified atom stereocenters. The summed E-state index contributed by atoms with van der Waals surface area (Å²) in [5.41, 5.74) is 4.71. The molecule has 2 N–H and O–H groups in total. The zero-order valence-electron chi connectivity index (χ0n) is 44.6. The number of fused-ring (bicyclic) bond motifs is 4. The maximum Gasteiger partial charge on any atom is 0.150 e. The van der Waals surface area contributed by atoms with Crippen molar-refractivity contribution in [3.05, 3.63) is 219 Å². The van der Waals surface area contributed by atoms with Crippen molar-refractivity contribution in [3.8, 4) is 46.0 Å². The van der Waals surface area contributed by atoms with E-state index in [1.54, 1.807) is 133 Å². The number of hydrogen-bond acceptors (Lipinski definition) is 17. The van der Waals surface area contributed by atoms with Crippen molar-refractivity contribution in [1.29, 1.82) is 0 Å². The average Bonchev–Trinajstić information content (AvgIpc) is 3.16. The van der Waals surface area contributed by atoms with Crippen LogP contribution >= 0.6 is 94.1 Å². The Labute approximate surface area is 512 Å². The van der Waals surface area contributed by atoms with E-state index in [4.69, 9.17) is 28.4 Å². The number of carbonyl (C=O) groups is 1. The minimum absolute atomic E-state index is 0.0761. The van der Waals surface area contributed by atoms with Crippen molar-refractivity contribution in [3.63, 3.8) is 0 Å². The van der Waals surface area contributed by atoms with Crippen LogP contribution in [0.1, 0.15) is 38.2 Å². The molecule has 9 aromatic rings. The van der Waals surface area contributed by atoms with Gasteiger partial charge in [0.2, 0.25) is 0 Å². The summed E-state index contributed by atoms with van der Waals surface area (Å²) >= 11 is 13.7. The minimum Gasteiger partial charge on any atom is -0.508 e. The summed E-state index contributed by atoms with van der Waals surface area (Å²) in [6, 6.07) is 39.3. The van der Waals surface area contributed by atoms with Crippen LogP contribution in [0.2, 0.25) is 0 Å². The Morgan fingerprint density at radius 1 is 0.361 bits per heavy atom. The van der Waals surface area contributed by atoms with Gasteiger partial charge in [-0.05, 0) is 220 Å². The molecule has 13 rings (SSSR count). The first-order valence-electron chi connectivity index (χ1n) is 26.0. The molecule has 4 aliphatic rings. The lowest BCUT2D eigenvalue weighted by molar-refractivity contribution is 0.112. The van der Waals surface area contributed by atoms with E-state index in [-0.39, 0.29) is 31.3 Å². The van der Waals surface area contributed by atoms with Crippen LogP contribution in [0.25, 0.3) is 60.0 Å². The maximum atomic E-state index is 11.8. The SMILES string of the molecule is COc1cc(COc2ccc3c(=C4SC=CS4)c4cc(OCc5cc(O)ccc5C=O)ccc4c(=C4SC=CS4)c3c2)c(OC)cc1COc1ccc2c(=C3SC=CS3)c3cc(OCc4cc(O)ccc4C)ccc3c(=C3SC=CS3)c2c1. The van der Waals surface area contributed by atoms with Crippen molar-refractivity contribution in [2.45, 2.75) is 33.4 Å². The first kappa shape index (κ1) is 55.5. The number of phenols is 2. The Morgan fingerprint density at radius 2 is 0.675 bits per heavy atom. The fraction of sp³-hybridized carbons (Fsp3) is 0.106. The molecule has 0 amide bonds. The second kappa shape index (κ2) is 24.5. The number of carbonyl (C=O) groups excluding carboxylic acids is 1. The molecule has 0 fully saturated rings. The van der Waals surface area contributed by atoms with Gasteiger partial charge in [-0.25, -0.2) is 0 Å². The van der Waals surface area contributed by atoms with Crippen LogP contribution < -0.4 is 49.3 Å². The monoisotopic (exact) mass is 1240 g/mol. The van der Waals surface area contributed by atoms with Crippen LogP contribution in [-0.2, 0) is 26.4 Å². The van der Waals surface area contributed by atoms with Crippen molar-refractivity contribution in [2.75, 3.05) is 14.2 Å². The summed E-state index contributed by atoms with van der Waals surface area (Å²) in [6.07, 6.45) is 0.780. The zero-order valence-corrected chi connectivity index (χ0v) is 51.1. The Bertz CT molecular complexity index is 4530. The first-order valence-corrected chi connectivity index (χ1v) is 33.1. The predicted molar refractivity (Wildman–Crippen MR) is 356 cm³/mol. The van der Waals surface area contributed by atoms with E-state index in [0.29, 0.717) is 40.7 Å². The number of phenolic OH excluding ortho intramolecular Hbond substituents is 2. The third kappa shape index (κ3) is 11.3. The van der Waals surface area contributed by atoms with E-state index in [2.05, 4.69) is 91.8 Å². The molecule has 0 spiro atoms. The van der Waals surface area contributed by atoms with E-state index in [9.17, 15) is 15.0 Å². The number of aldehydes is 1. The highest BCUT2D eigenvalue weighted by Gasteiger charge is 2.21. The summed E-state index contributed by atoms with van der Waals surface area (Å²) in [7, 11) is 3.34. The number of hydrogen-bond donors (Lipinski definition) is 2. The molecular weight excluding hydrogens is 1190 g/mol. The molecule has 0 aliphatic carbocycles. The number of benzene rings is 9. The second-order valence-electron chi connectivity index (χ2n) is 19.3. The van der Waals surface area contributed by atoms with Crippen LogP contribution in [0.5, 0.6) is 46.0 Å². The highest BCUT2D eigenvalue weighted by molar-refractivity contribution is 8.36. The molecule has 0 aromatic heterocycles. The van der Waals surface area contributed by atoms with Crippen molar-refractivity contribution in [2.24, 2.45) is 0 Å². The standard InChI is InChI=1S/C66H48O9S8/c1-37-4-6-43(68)24-39(37)33-72-45-8-12-49-53(28-45)59(63-76-16-17-77-63)51-14-10-47(30-55(51)61(49)65-80-20-21-81-65)74-35-41-26-58(71-3)42(27-57(41)70-2)36-75-48-11-15-52-56(31-48)62(66-82-22-23-83-66)50-13-9-46(29-54(50)60(52)64-78-18-19-79-64)73-34-40-25-44(69)7-5-38(40)32-67/h4-32,68-69H,33-36H2,1-3H3. The normalized spacial score (nSPS) is 14.6. The van der Waals surface area contributed by atoms with E-state index in [0.717, 1.165) is 112 Å². The van der Waals surface area contributed by atoms with Gasteiger partial charge in [0.15, 0.2) is 0 Å².